The average Bonchev–Trinajstić information content (AvgIpc) is 3.19. The normalized spacial score (nSPS) is 16.4. The summed E-state index contributed by atoms with van der Waals surface area (Å²) in [5.41, 5.74) is 3.38. The van der Waals surface area contributed by atoms with Gasteiger partial charge in [-0.05, 0) is 35.4 Å². The van der Waals surface area contributed by atoms with Crippen molar-refractivity contribution < 1.29 is 14.0 Å². The number of hydrogen-bond acceptors (Lipinski definition) is 5. The third kappa shape index (κ3) is 4.63. The van der Waals surface area contributed by atoms with Crippen molar-refractivity contribution in [3.8, 4) is 0 Å². The Labute approximate surface area is 200 Å². The molecule has 0 fully saturated rings. The van der Waals surface area contributed by atoms with E-state index in [0.29, 0.717) is 23.3 Å². The van der Waals surface area contributed by atoms with E-state index in [2.05, 4.69) is 15.3 Å². The van der Waals surface area contributed by atoms with Gasteiger partial charge in [0.25, 0.3) is 5.91 Å². The summed E-state index contributed by atoms with van der Waals surface area (Å²) >= 11 is 1.38. The molecule has 0 aromatic heterocycles. The largest absolute Gasteiger partial charge is 0.352 e. The van der Waals surface area contributed by atoms with Crippen LogP contribution >= 0.6 is 11.8 Å². The molecule has 34 heavy (non-hydrogen) atoms. The highest BCUT2D eigenvalue weighted by atomic mass is 32.2. The number of benzene rings is 3. The van der Waals surface area contributed by atoms with Gasteiger partial charge < -0.3 is 5.32 Å². The van der Waals surface area contributed by atoms with Crippen LogP contribution in [0.1, 0.15) is 23.1 Å². The highest BCUT2D eigenvalue weighted by Gasteiger charge is 2.42. The summed E-state index contributed by atoms with van der Waals surface area (Å²) in [5, 5.41) is 3.36. The summed E-state index contributed by atoms with van der Waals surface area (Å²) in [7, 11) is 0. The summed E-state index contributed by atoms with van der Waals surface area (Å²) in [5.74, 6) is 0.218. The Balaban J connectivity index is 1.33. The summed E-state index contributed by atoms with van der Waals surface area (Å²) < 4.78 is 13.2. The number of carbonyl (C=O) groups excluding carboxylic acids is 2. The number of nitrogens with zero attached hydrogens (tertiary/aromatic N) is 3. The third-order valence-corrected chi connectivity index (χ3v) is 6.55. The van der Waals surface area contributed by atoms with E-state index < -0.39 is 6.04 Å². The van der Waals surface area contributed by atoms with Crippen LogP contribution in [0.15, 0.2) is 88.8 Å². The van der Waals surface area contributed by atoms with Crippen molar-refractivity contribution in [1.82, 2.24) is 10.2 Å². The number of aliphatic imine (C=N–C) groups is 2. The second kappa shape index (κ2) is 9.61. The molecular formula is C26H21FN4O2S. The fourth-order valence-electron chi connectivity index (χ4n) is 3.80. The molecule has 1 unspecified atom stereocenters. The van der Waals surface area contributed by atoms with Gasteiger partial charge in [-0.25, -0.2) is 14.3 Å². The van der Waals surface area contributed by atoms with Gasteiger partial charge in [-0.2, -0.15) is 0 Å². The van der Waals surface area contributed by atoms with Gasteiger partial charge in [0, 0.05) is 17.9 Å². The standard InChI is InChI=1S/C26H21FN4O2S/c27-19-12-10-18(11-13-19)16-34-26-30-21-9-5-4-8-20(21)24-29-22(25(33)31(24)26)14-23(32)28-15-17-6-2-1-3-7-17/h1-13,22H,14-16H2,(H,28,32). The first-order valence-electron chi connectivity index (χ1n) is 10.9. The molecule has 0 saturated heterocycles. The van der Waals surface area contributed by atoms with Crippen LogP contribution in [0.4, 0.5) is 10.1 Å². The minimum absolute atomic E-state index is 0.0380. The molecule has 2 heterocycles. The number of thioether (sulfide) groups is 1. The molecular weight excluding hydrogens is 451 g/mol. The maximum absolute atomic E-state index is 13.3. The number of fused-ring (bicyclic) bond motifs is 3. The Morgan fingerprint density at radius 1 is 0.971 bits per heavy atom. The predicted molar refractivity (Wildman–Crippen MR) is 131 cm³/mol. The lowest BCUT2D eigenvalue weighted by Crippen LogP contribution is -2.42. The van der Waals surface area contributed by atoms with E-state index in [-0.39, 0.29) is 24.1 Å². The first-order chi connectivity index (χ1) is 16.6. The van der Waals surface area contributed by atoms with E-state index in [4.69, 9.17) is 0 Å². The van der Waals surface area contributed by atoms with Gasteiger partial charge in [-0.3, -0.25) is 14.6 Å². The fraction of sp³-hybridized carbons (Fsp3) is 0.154. The van der Waals surface area contributed by atoms with Crippen molar-refractivity contribution >= 4 is 40.3 Å². The number of para-hydroxylation sites is 1. The number of nitrogens with one attached hydrogen (secondary N) is 1. The SMILES string of the molecule is O=C(CC1N=C2c3ccccc3N=C(SCc3ccc(F)cc3)N2C1=O)NCc1ccccc1. The molecule has 0 spiro atoms. The minimum atomic E-state index is -0.812. The van der Waals surface area contributed by atoms with Crippen molar-refractivity contribution in [3.63, 3.8) is 0 Å². The highest BCUT2D eigenvalue weighted by Crippen LogP contribution is 2.34. The van der Waals surface area contributed by atoms with Gasteiger partial charge in [-0.1, -0.05) is 66.4 Å². The molecule has 2 aliphatic rings. The second-order valence-electron chi connectivity index (χ2n) is 7.94. The Hall–Kier alpha value is -3.78. The molecule has 170 valence electrons. The molecule has 1 atom stereocenters. The molecule has 0 saturated carbocycles. The monoisotopic (exact) mass is 472 g/mol. The molecule has 2 aliphatic heterocycles. The molecule has 8 heteroatoms. The Bertz CT molecular complexity index is 1290. The fourth-order valence-corrected chi connectivity index (χ4v) is 4.76. The quantitative estimate of drug-likeness (QED) is 0.577. The number of halogens is 1. The van der Waals surface area contributed by atoms with Crippen molar-refractivity contribution in [2.24, 2.45) is 9.98 Å². The Morgan fingerprint density at radius 2 is 1.71 bits per heavy atom. The third-order valence-electron chi connectivity index (χ3n) is 5.54. The van der Waals surface area contributed by atoms with Crippen LogP contribution in [-0.4, -0.2) is 33.8 Å². The zero-order valence-electron chi connectivity index (χ0n) is 18.1. The summed E-state index contributed by atoms with van der Waals surface area (Å²) in [6, 6.07) is 22.5. The zero-order valence-corrected chi connectivity index (χ0v) is 19.0. The highest BCUT2D eigenvalue weighted by molar-refractivity contribution is 8.13. The molecule has 3 aromatic rings. The maximum atomic E-state index is 13.3. The van der Waals surface area contributed by atoms with Crippen molar-refractivity contribution in [3.05, 3.63) is 101 Å². The van der Waals surface area contributed by atoms with E-state index >= 15 is 0 Å². The van der Waals surface area contributed by atoms with Crippen LogP contribution in [0.25, 0.3) is 0 Å². The smallest absolute Gasteiger partial charge is 0.259 e. The number of hydrogen-bond donors (Lipinski definition) is 1. The van der Waals surface area contributed by atoms with Crippen LogP contribution in [0.2, 0.25) is 0 Å². The van der Waals surface area contributed by atoms with Gasteiger partial charge in [0.1, 0.15) is 17.7 Å². The van der Waals surface area contributed by atoms with Crippen LogP contribution in [0, 0.1) is 5.82 Å². The maximum Gasteiger partial charge on any atom is 0.259 e. The lowest BCUT2D eigenvalue weighted by atomic mass is 10.1. The molecule has 5 rings (SSSR count). The van der Waals surface area contributed by atoms with Gasteiger partial charge in [0.05, 0.1) is 12.1 Å². The van der Waals surface area contributed by atoms with Crippen LogP contribution in [0.3, 0.4) is 0 Å². The lowest BCUT2D eigenvalue weighted by Gasteiger charge is -2.25. The minimum Gasteiger partial charge on any atom is -0.352 e. The van der Waals surface area contributed by atoms with Crippen LogP contribution in [0.5, 0.6) is 0 Å². The van der Waals surface area contributed by atoms with Crippen molar-refractivity contribution in [1.29, 1.82) is 0 Å². The van der Waals surface area contributed by atoms with Crippen LogP contribution in [-0.2, 0) is 21.9 Å². The van der Waals surface area contributed by atoms with Gasteiger partial charge in [0.15, 0.2) is 5.17 Å². The number of carbonyl (C=O) groups is 2. The van der Waals surface area contributed by atoms with E-state index in [1.165, 1.54) is 28.8 Å². The predicted octanol–water partition coefficient (Wildman–Crippen LogP) is 4.42. The molecule has 6 nitrogen and oxygen atoms in total. The Kier molecular flexibility index (Phi) is 6.22. The molecule has 1 N–H and O–H groups in total. The van der Waals surface area contributed by atoms with E-state index in [1.807, 2.05) is 54.6 Å². The summed E-state index contributed by atoms with van der Waals surface area (Å²) in [6.07, 6.45) is -0.0380. The van der Waals surface area contributed by atoms with E-state index in [1.54, 1.807) is 12.1 Å². The van der Waals surface area contributed by atoms with Crippen molar-refractivity contribution in [2.75, 3.05) is 0 Å². The topological polar surface area (TPSA) is 74.1 Å². The summed E-state index contributed by atoms with van der Waals surface area (Å²) in [6.45, 7) is 0.393. The van der Waals surface area contributed by atoms with Gasteiger partial charge in [-0.15, -0.1) is 0 Å². The van der Waals surface area contributed by atoms with Crippen molar-refractivity contribution in [2.45, 2.75) is 24.8 Å². The Morgan fingerprint density at radius 3 is 2.50 bits per heavy atom. The second-order valence-corrected chi connectivity index (χ2v) is 8.88. The zero-order chi connectivity index (χ0) is 23.5. The van der Waals surface area contributed by atoms with Crippen LogP contribution < -0.4 is 5.32 Å². The van der Waals surface area contributed by atoms with E-state index in [0.717, 1.165) is 22.4 Å². The van der Waals surface area contributed by atoms with Gasteiger partial charge in [0.2, 0.25) is 5.91 Å². The number of amides is 2. The average molecular weight is 473 g/mol. The first-order valence-corrected chi connectivity index (χ1v) is 11.8. The molecule has 0 bridgehead atoms. The molecule has 0 radical (unpaired) electrons. The lowest BCUT2D eigenvalue weighted by molar-refractivity contribution is -0.128. The molecule has 2 amide bonds. The molecule has 3 aromatic carbocycles. The van der Waals surface area contributed by atoms with Gasteiger partial charge >= 0.3 is 0 Å². The number of amidine groups is 2. The number of rotatable bonds is 6. The van der Waals surface area contributed by atoms with E-state index in [9.17, 15) is 14.0 Å². The first kappa shape index (κ1) is 22.0. The molecule has 0 aliphatic carbocycles. The summed E-state index contributed by atoms with van der Waals surface area (Å²) in [4.78, 5) is 36.7.